The van der Waals surface area contributed by atoms with Crippen molar-refractivity contribution in [2.24, 2.45) is 0 Å². The fraction of sp³-hybridized carbons (Fsp3) is 0.222. The largest absolute Gasteiger partial charge is 0.381 e. The molecule has 0 spiro atoms. The molecule has 0 saturated carbocycles. The molecular weight excluding hydrogens is 248 g/mol. The van der Waals surface area contributed by atoms with Crippen molar-refractivity contribution >= 4 is 0 Å². The monoisotopic (exact) mass is 264 g/mol. The fourth-order valence-corrected chi connectivity index (χ4v) is 2.62. The number of terminal acetylenes is 1. The van der Waals surface area contributed by atoms with Gasteiger partial charge in [-0.1, -0.05) is 60.7 Å². The molecule has 3 rings (SSSR count). The number of ether oxygens (including phenoxy) is 1. The van der Waals surface area contributed by atoms with Gasteiger partial charge in [-0.3, -0.25) is 0 Å². The summed E-state index contributed by atoms with van der Waals surface area (Å²) >= 11 is 0. The minimum absolute atomic E-state index is 0.0882. The predicted octanol–water partition coefficient (Wildman–Crippen LogP) is 3.04. The second kappa shape index (κ2) is 5.13. The van der Waals surface area contributed by atoms with Crippen LogP contribution in [-0.4, -0.2) is 11.2 Å². The van der Waals surface area contributed by atoms with Crippen LogP contribution >= 0.6 is 0 Å². The quantitative estimate of drug-likeness (QED) is 0.680. The lowest BCUT2D eigenvalue weighted by Gasteiger charge is -2.25. The van der Waals surface area contributed by atoms with Crippen LogP contribution in [-0.2, 0) is 10.3 Å². The Balaban J connectivity index is 1.89. The molecule has 2 nitrogen and oxygen atoms in total. The van der Waals surface area contributed by atoms with Crippen LogP contribution in [0.5, 0.6) is 0 Å². The SMILES string of the molecule is C#CC[C@](O)(c1ccccc1)[C@@H]1O[C@H]1c1ccccc1. The number of hydrogen-bond acceptors (Lipinski definition) is 2. The van der Waals surface area contributed by atoms with Crippen molar-refractivity contribution in [3.63, 3.8) is 0 Å². The van der Waals surface area contributed by atoms with Gasteiger partial charge in [0.2, 0.25) is 0 Å². The van der Waals surface area contributed by atoms with Crippen molar-refractivity contribution in [3.05, 3.63) is 71.8 Å². The molecule has 1 aliphatic rings. The van der Waals surface area contributed by atoms with Gasteiger partial charge < -0.3 is 9.84 Å². The van der Waals surface area contributed by atoms with Crippen molar-refractivity contribution in [2.75, 3.05) is 0 Å². The molecule has 0 aliphatic carbocycles. The molecule has 0 unspecified atom stereocenters. The van der Waals surface area contributed by atoms with Crippen LogP contribution < -0.4 is 0 Å². The van der Waals surface area contributed by atoms with Crippen LogP contribution in [0.1, 0.15) is 23.7 Å². The minimum Gasteiger partial charge on any atom is -0.381 e. The zero-order chi connectivity index (χ0) is 14.0. The third kappa shape index (κ3) is 2.22. The fourth-order valence-electron chi connectivity index (χ4n) is 2.62. The second-order valence-electron chi connectivity index (χ2n) is 5.06. The Morgan fingerprint density at radius 1 is 1.05 bits per heavy atom. The summed E-state index contributed by atoms with van der Waals surface area (Å²) in [5, 5.41) is 11.0. The zero-order valence-electron chi connectivity index (χ0n) is 11.1. The molecule has 2 heteroatoms. The van der Waals surface area contributed by atoms with E-state index in [-0.39, 0.29) is 18.6 Å². The molecule has 2 aromatic carbocycles. The Kier molecular flexibility index (Phi) is 3.31. The maximum absolute atomic E-state index is 11.0. The van der Waals surface area contributed by atoms with Gasteiger partial charge in [-0.15, -0.1) is 12.3 Å². The third-order valence-electron chi connectivity index (χ3n) is 3.74. The van der Waals surface area contributed by atoms with E-state index in [0.29, 0.717) is 0 Å². The normalized spacial score (nSPS) is 23.6. The molecule has 1 heterocycles. The summed E-state index contributed by atoms with van der Waals surface area (Å²) in [6.45, 7) is 0. The lowest BCUT2D eigenvalue weighted by Crippen LogP contribution is -2.32. The van der Waals surface area contributed by atoms with Gasteiger partial charge in [-0.25, -0.2) is 0 Å². The van der Waals surface area contributed by atoms with Crippen LogP contribution in [0.4, 0.5) is 0 Å². The minimum atomic E-state index is -1.13. The van der Waals surface area contributed by atoms with Gasteiger partial charge in [0.15, 0.2) is 0 Å². The molecule has 1 fully saturated rings. The molecule has 20 heavy (non-hydrogen) atoms. The first-order valence-corrected chi connectivity index (χ1v) is 6.67. The van der Waals surface area contributed by atoms with Gasteiger partial charge in [0.05, 0.1) is 0 Å². The van der Waals surface area contributed by atoms with Crippen molar-refractivity contribution in [1.82, 2.24) is 0 Å². The van der Waals surface area contributed by atoms with Crippen molar-refractivity contribution in [2.45, 2.75) is 24.2 Å². The summed E-state index contributed by atoms with van der Waals surface area (Å²) in [4.78, 5) is 0. The van der Waals surface area contributed by atoms with Gasteiger partial charge in [0.25, 0.3) is 0 Å². The van der Waals surface area contributed by atoms with E-state index in [0.717, 1.165) is 11.1 Å². The first-order valence-electron chi connectivity index (χ1n) is 6.67. The Bertz CT molecular complexity index is 615. The standard InChI is InChI=1S/C18H16O2/c1-2-13-18(19,15-11-7-4-8-12-15)17-16(20-17)14-9-5-3-6-10-14/h1,3-12,16-17,19H,13H2/t16-,17+,18-/m0/s1. The van der Waals surface area contributed by atoms with Crippen LogP contribution in [0.3, 0.4) is 0 Å². The number of rotatable bonds is 4. The highest BCUT2D eigenvalue weighted by Crippen LogP contribution is 2.50. The molecule has 2 aromatic rings. The van der Waals surface area contributed by atoms with Gasteiger partial charge in [0, 0.05) is 6.42 Å². The van der Waals surface area contributed by atoms with E-state index in [1.165, 1.54) is 0 Å². The summed E-state index contributed by atoms with van der Waals surface area (Å²) in [7, 11) is 0. The maximum atomic E-state index is 11.0. The Labute approximate surface area is 119 Å². The topological polar surface area (TPSA) is 32.8 Å². The third-order valence-corrected chi connectivity index (χ3v) is 3.74. The average Bonchev–Trinajstić information content (AvgIpc) is 3.30. The Hall–Kier alpha value is -2.08. The molecule has 100 valence electrons. The van der Waals surface area contributed by atoms with E-state index in [1.807, 2.05) is 60.7 Å². The molecule has 1 aliphatic heterocycles. The summed E-state index contributed by atoms with van der Waals surface area (Å²) < 4.78 is 5.73. The first kappa shape index (κ1) is 12.9. The molecule has 0 radical (unpaired) electrons. The van der Waals surface area contributed by atoms with Gasteiger partial charge in [-0.05, 0) is 11.1 Å². The van der Waals surface area contributed by atoms with Crippen molar-refractivity contribution in [1.29, 1.82) is 0 Å². The molecule has 0 amide bonds. The summed E-state index contributed by atoms with van der Waals surface area (Å²) in [6, 6.07) is 19.4. The van der Waals surface area contributed by atoms with E-state index in [1.54, 1.807) is 0 Å². The van der Waals surface area contributed by atoms with Gasteiger partial charge in [-0.2, -0.15) is 0 Å². The number of benzene rings is 2. The van der Waals surface area contributed by atoms with Crippen molar-refractivity contribution in [3.8, 4) is 12.3 Å². The molecule has 1 N–H and O–H groups in total. The van der Waals surface area contributed by atoms with Crippen LogP contribution in [0.15, 0.2) is 60.7 Å². The molecule has 0 aromatic heterocycles. The highest BCUT2D eigenvalue weighted by Gasteiger charge is 2.55. The van der Waals surface area contributed by atoms with E-state index in [4.69, 9.17) is 11.2 Å². The zero-order valence-corrected chi connectivity index (χ0v) is 11.1. The van der Waals surface area contributed by atoms with Gasteiger partial charge >= 0.3 is 0 Å². The highest BCUT2D eigenvalue weighted by molar-refractivity contribution is 5.32. The maximum Gasteiger partial charge on any atom is 0.129 e. The van der Waals surface area contributed by atoms with E-state index in [2.05, 4.69) is 5.92 Å². The lowest BCUT2D eigenvalue weighted by atomic mass is 9.85. The van der Waals surface area contributed by atoms with E-state index in [9.17, 15) is 5.11 Å². The molecule has 3 atom stereocenters. The summed E-state index contributed by atoms with van der Waals surface area (Å²) in [5.74, 6) is 2.57. The Morgan fingerprint density at radius 3 is 2.25 bits per heavy atom. The first-order chi connectivity index (χ1) is 9.75. The molecule has 1 saturated heterocycles. The molecule has 0 bridgehead atoms. The summed E-state index contributed by atoms with van der Waals surface area (Å²) in [6.07, 6.45) is 5.30. The predicted molar refractivity (Wildman–Crippen MR) is 77.8 cm³/mol. The highest BCUT2D eigenvalue weighted by atomic mass is 16.6. The van der Waals surface area contributed by atoms with Crippen molar-refractivity contribution < 1.29 is 9.84 Å². The Morgan fingerprint density at radius 2 is 1.65 bits per heavy atom. The van der Waals surface area contributed by atoms with Crippen LogP contribution in [0, 0.1) is 12.3 Å². The van der Waals surface area contributed by atoms with Crippen LogP contribution in [0.2, 0.25) is 0 Å². The lowest BCUT2D eigenvalue weighted by molar-refractivity contribution is 0.0119. The van der Waals surface area contributed by atoms with E-state index >= 15 is 0 Å². The van der Waals surface area contributed by atoms with Gasteiger partial charge in [0.1, 0.15) is 17.8 Å². The van der Waals surface area contributed by atoms with E-state index < -0.39 is 5.60 Å². The smallest absolute Gasteiger partial charge is 0.129 e. The average molecular weight is 264 g/mol. The summed E-state index contributed by atoms with van der Waals surface area (Å²) in [5.41, 5.74) is 0.751. The number of hydrogen-bond donors (Lipinski definition) is 1. The number of aliphatic hydroxyl groups is 1. The molecular formula is C18H16O2. The second-order valence-corrected chi connectivity index (χ2v) is 5.06. The number of epoxide rings is 1. The van der Waals surface area contributed by atoms with Crippen LogP contribution in [0.25, 0.3) is 0 Å².